The van der Waals surface area contributed by atoms with Crippen molar-refractivity contribution in [1.29, 1.82) is 0 Å². The van der Waals surface area contributed by atoms with Crippen molar-refractivity contribution in [3.63, 3.8) is 0 Å². The van der Waals surface area contributed by atoms with Gasteiger partial charge in [0.05, 0.1) is 16.4 Å². The second kappa shape index (κ2) is 11.6. The Hall–Kier alpha value is -6.44. The van der Waals surface area contributed by atoms with E-state index in [1.165, 1.54) is 105 Å². The summed E-state index contributed by atoms with van der Waals surface area (Å²) in [5.41, 5.74) is 22.1. The molecule has 0 bridgehead atoms. The van der Waals surface area contributed by atoms with Gasteiger partial charge in [0.15, 0.2) is 0 Å². The summed E-state index contributed by atoms with van der Waals surface area (Å²) in [6.07, 6.45) is 0. The molecule has 3 aliphatic rings. The van der Waals surface area contributed by atoms with Crippen molar-refractivity contribution in [2.75, 3.05) is 0 Å². The summed E-state index contributed by atoms with van der Waals surface area (Å²) in [5, 5.41) is 2.61. The first-order valence-electron chi connectivity index (χ1n) is 21.3. The lowest BCUT2D eigenvalue weighted by Crippen LogP contribution is -2.42. The predicted octanol–water partition coefficient (Wildman–Crippen LogP) is 15.1. The molecule has 0 saturated carbocycles. The molecule has 9 aromatic rings. The minimum Gasteiger partial charge on any atom is -0.309 e. The number of hydrogen-bond donors (Lipinski definition) is 0. The average Bonchev–Trinajstić information content (AvgIpc) is 3.89. The summed E-state index contributed by atoms with van der Waals surface area (Å²) in [6, 6.07) is 66.7. The summed E-state index contributed by atoms with van der Waals surface area (Å²) in [4.78, 5) is 0. The van der Waals surface area contributed by atoms with Crippen LogP contribution in [0.25, 0.3) is 72.0 Å². The van der Waals surface area contributed by atoms with E-state index in [4.69, 9.17) is 0 Å². The van der Waals surface area contributed by atoms with Gasteiger partial charge in [-0.15, -0.1) is 0 Å². The highest BCUT2D eigenvalue weighted by Gasteiger charge is 2.57. The first-order chi connectivity index (χ1) is 28.5. The zero-order valence-corrected chi connectivity index (χ0v) is 34.7. The van der Waals surface area contributed by atoms with Crippen molar-refractivity contribution in [1.82, 2.24) is 4.57 Å². The molecule has 0 amide bonds. The van der Waals surface area contributed by atoms with Gasteiger partial charge in [0, 0.05) is 16.5 Å². The predicted molar refractivity (Wildman–Crippen MR) is 248 cm³/mol. The number of aromatic nitrogens is 1. The van der Waals surface area contributed by atoms with Gasteiger partial charge < -0.3 is 4.57 Å². The van der Waals surface area contributed by atoms with Gasteiger partial charge in [-0.3, -0.25) is 0 Å². The van der Waals surface area contributed by atoms with Crippen LogP contribution in [0.4, 0.5) is 0 Å². The molecular formula is C58H47N. The molecule has 8 aromatic carbocycles. The second-order valence-corrected chi connectivity index (χ2v) is 18.9. The van der Waals surface area contributed by atoms with Gasteiger partial charge in [-0.2, -0.15) is 0 Å². The number of hydrogen-bond acceptors (Lipinski definition) is 0. The van der Waals surface area contributed by atoms with E-state index in [0.717, 1.165) is 0 Å². The number of fused-ring (bicyclic) bond motifs is 14. The molecule has 1 heteroatoms. The van der Waals surface area contributed by atoms with Crippen LogP contribution in [0.2, 0.25) is 0 Å². The third-order valence-corrected chi connectivity index (χ3v) is 15.9. The Morgan fingerprint density at radius 3 is 1.46 bits per heavy atom. The quantitative estimate of drug-likeness (QED) is 0.169. The second-order valence-electron chi connectivity index (χ2n) is 18.9. The van der Waals surface area contributed by atoms with Crippen molar-refractivity contribution in [2.24, 2.45) is 5.41 Å². The highest BCUT2D eigenvalue weighted by atomic mass is 15.0. The molecule has 0 radical (unpaired) electrons. The minimum absolute atomic E-state index is 0.00352. The SMILES string of the molecule is CC1(C)c2cc3c4cc(-c5ccc6c(c5)C5(c7ccccc7-c7ccccc75)c5ccccc5-6)ccc4n(-c4cccc(-c5ccccc5)c4)c3cc2C(C)(C)C1(C)C. The van der Waals surface area contributed by atoms with Crippen molar-refractivity contribution >= 4 is 21.8 Å². The smallest absolute Gasteiger partial charge is 0.0725 e. The lowest BCUT2D eigenvalue weighted by Gasteiger charge is -2.44. The van der Waals surface area contributed by atoms with Gasteiger partial charge in [0.1, 0.15) is 0 Å². The van der Waals surface area contributed by atoms with Crippen LogP contribution in [-0.4, -0.2) is 4.57 Å². The summed E-state index contributed by atoms with van der Waals surface area (Å²) in [6.45, 7) is 14.7. The number of rotatable bonds is 3. The molecule has 0 unspecified atom stereocenters. The largest absolute Gasteiger partial charge is 0.309 e. The lowest BCUT2D eigenvalue weighted by atomic mass is 9.59. The van der Waals surface area contributed by atoms with E-state index in [1.807, 2.05) is 0 Å². The Morgan fingerprint density at radius 2 is 0.814 bits per heavy atom. The molecule has 0 N–H and O–H groups in total. The van der Waals surface area contributed by atoms with E-state index in [0.29, 0.717) is 0 Å². The number of nitrogens with zero attached hydrogens (tertiary/aromatic N) is 1. The Labute approximate surface area is 347 Å². The van der Waals surface area contributed by atoms with Crippen LogP contribution in [0, 0.1) is 5.41 Å². The van der Waals surface area contributed by atoms with Crippen molar-refractivity contribution < 1.29 is 0 Å². The van der Waals surface area contributed by atoms with Gasteiger partial charge in [0.25, 0.3) is 0 Å². The number of benzene rings is 8. The zero-order valence-electron chi connectivity index (χ0n) is 34.7. The van der Waals surface area contributed by atoms with Crippen LogP contribution < -0.4 is 0 Å². The third-order valence-electron chi connectivity index (χ3n) is 15.9. The Balaban J connectivity index is 1.11. The molecule has 1 heterocycles. The van der Waals surface area contributed by atoms with Crippen molar-refractivity contribution in [2.45, 2.75) is 57.8 Å². The van der Waals surface area contributed by atoms with Gasteiger partial charge in [-0.05, 0) is 137 Å². The van der Waals surface area contributed by atoms with E-state index < -0.39 is 0 Å². The maximum Gasteiger partial charge on any atom is 0.0725 e. The van der Waals surface area contributed by atoms with Crippen molar-refractivity contribution in [3.8, 4) is 50.2 Å². The first kappa shape index (κ1) is 34.6. The van der Waals surface area contributed by atoms with Gasteiger partial charge in [0.2, 0.25) is 0 Å². The summed E-state index contributed by atoms with van der Waals surface area (Å²) >= 11 is 0. The highest BCUT2D eigenvalue weighted by Crippen LogP contribution is 2.64. The average molecular weight is 758 g/mol. The summed E-state index contributed by atoms with van der Waals surface area (Å²) in [7, 11) is 0. The lowest BCUT2D eigenvalue weighted by molar-refractivity contribution is 0.125. The molecule has 284 valence electrons. The normalized spacial score (nSPS) is 16.8. The van der Waals surface area contributed by atoms with E-state index >= 15 is 0 Å². The van der Waals surface area contributed by atoms with Crippen LogP contribution in [0.3, 0.4) is 0 Å². The zero-order chi connectivity index (χ0) is 40.1. The van der Waals surface area contributed by atoms with E-state index in [-0.39, 0.29) is 21.7 Å². The molecule has 0 atom stereocenters. The molecule has 1 nitrogen and oxygen atoms in total. The maximum absolute atomic E-state index is 2.56. The fourth-order valence-corrected chi connectivity index (χ4v) is 11.7. The fourth-order valence-electron chi connectivity index (χ4n) is 11.7. The van der Waals surface area contributed by atoms with Gasteiger partial charge >= 0.3 is 0 Å². The minimum atomic E-state index is -0.370. The molecule has 12 rings (SSSR count). The van der Waals surface area contributed by atoms with Crippen LogP contribution >= 0.6 is 0 Å². The van der Waals surface area contributed by atoms with E-state index in [1.54, 1.807) is 0 Å². The van der Waals surface area contributed by atoms with Crippen LogP contribution in [0.1, 0.15) is 74.9 Å². The van der Waals surface area contributed by atoms with Gasteiger partial charge in [-0.25, -0.2) is 0 Å². The molecule has 1 aromatic heterocycles. The molecule has 1 spiro atoms. The molecule has 0 aliphatic heterocycles. The Bertz CT molecular complexity index is 3180. The van der Waals surface area contributed by atoms with Gasteiger partial charge in [-0.1, -0.05) is 175 Å². The van der Waals surface area contributed by atoms with E-state index in [2.05, 4.69) is 222 Å². The summed E-state index contributed by atoms with van der Waals surface area (Å²) in [5.74, 6) is 0. The first-order valence-corrected chi connectivity index (χ1v) is 21.3. The maximum atomic E-state index is 2.56. The standard InChI is InChI=1S/C58H47N/c1-55(2)51-34-46-45-32-38(28-30-53(45)59(54(46)35-52(51)56(3,4)57(55,5)6)40-20-16-19-37(31-40)36-17-8-7-9-18-36)39-27-29-44-43-23-12-15-26-49(43)58(50(44)33-39)47-24-13-10-21-41(47)42-22-11-14-25-48(42)58/h7-35H,1-6H3. The monoisotopic (exact) mass is 757 g/mol. The molecule has 0 fully saturated rings. The Kier molecular flexibility index (Phi) is 6.80. The molecular weight excluding hydrogens is 711 g/mol. The third kappa shape index (κ3) is 4.25. The fraction of sp³-hybridized carbons (Fsp3) is 0.172. The topological polar surface area (TPSA) is 4.93 Å². The molecule has 59 heavy (non-hydrogen) atoms. The highest BCUT2D eigenvalue weighted by molar-refractivity contribution is 6.11. The van der Waals surface area contributed by atoms with Crippen LogP contribution in [0.5, 0.6) is 0 Å². The Morgan fingerprint density at radius 1 is 0.322 bits per heavy atom. The molecule has 0 saturated heterocycles. The van der Waals surface area contributed by atoms with Crippen LogP contribution in [-0.2, 0) is 16.2 Å². The van der Waals surface area contributed by atoms with E-state index in [9.17, 15) is 0 Å². The van der Waals surface area contributed by atoms with Crippen LogP contribution in [0.15, 0.2) is 176 Å². The summed E-state index contributed by atoms with van der Waals surface area (Å²) < 4.78 is 2.52. The van der Waals surface area contributed by atoms with Crippen molar-refractivity contribution in [3.05, 3.63) is 209 Å². The molecule has 3 aliphatic carbocycles.